The minimum atomic E-state index is 0.0654. The van der Waals surface area contributed by atoms with Gasteiger partial charge in [0.15, 0.2) is 0 Å². The van der Waals surface area contributed by atoms with Crippen LogP contribution >= 0.6 is 0 Å². The molecule has 2 N–H and O–H groups in total. The lowest BCUT2D eigenvalue weighted by Crippen LogP contribution is -2.39. The van der Waals surface area contributed by atoms with Crippen molar-refractivity contribution in [2.75, 3.05) is 0 Å². The normalized spacial score (nSPS) is 29.6. The van der Waals surface area contributed by atoms with Crippen LogP contribution < -0.4 is 5.73 Å². The first-order valence-corrected chi connectivity index (χ1v) is 6.46. The molecule has 0 aliphatic heterocycles. The minimum absolute atomic E-state index is 0.0654. The third kappa shape index (κ3) is 2.65. The van der Waals surface area contributed by atoms with E-state index in [-0.39, 0.29) is 5.54 Å². The lowest BCUT2D eigenvalue weighted by Gasteiger charge is -2.24. The van der Waals surface area contributed by atoms with Crippen LogP contribution in [0.1, 0.15) is 43.7 Å². The Morgan fingerprint density at radius 3 is 2.56 bits per heavy atom. The Morgan fingerprint density at radius 1 is 1.31 bits per heavy atom. The summed E-state index contributed by atoms with van der Waals surface area (Å²) < 4.78 is 0. The van der Waals surface area contributed by atoms with E-state index in [2.05, 4.69) is 38.1 Å². The molecule has 1 saturated carbocycles. The van der Waals surface area contributed by atoms with Crippen LogP contribution in [-0.2, 0) is 6.42 Å². The lowest BCUT2D eigenvalue weighted by molar-refractivity contribution is 0.407. The first kappa shape index (κ1) is 11.7. The lowest BCUT2D eigenvalue weighted by atomic mass is 9.88. The van der Waals surface area contributed by atoms with Gasteiger partial charge in [-0.1, -0.05) is 43.2 Å². The predicted molar refractivity (Wildman–Crippen MR) is 69.4 cm³/mol. The molecule has 0 amide bonds. The van der Waals surface area contributed by atoms with Crippen LogP contribution in [0, 0.1) is 12.8 Å². The maximum absolute atomic E-state index is 6.50. The second-order valence-corrected chi connectivity index (χ2v) is 5.54. The van der Waals surface area contributed by atoms with E-state index >= 15 is 0 Å². The van der Waals surface area contributed by atoms with Gasteiger partial charge in [-0.15, -0.1) is 0 Å². The topological polar surface area (TPSA) is 26.0 Å². The van der Waals surface area contributed by atoms with Gasteiger partial charge in [-0.3, -0.25) is 0 Å². The molecule has 0 saturated heterocycles. The quantitative estimate of drug-likeness (QED) is 0.824. The number of aryl methyl sites for hydroxylation is 1. The van der Waals surface area contributed by atoms with E-state index in [0.717, 1.165) is 12.3 Å². The van der Waals surface area contributed by atoms with Crippen LogP contribution in [0.3, 0.4) is 0 Å². The molecule has 2 rings (SSSR count). The van der Waals surface area contributed by atoms with Crippen LogP contribution in [0.25, 0.3) is 0 Å². The number of benzene rings is 1. The highest BCUT2D eigenvalue weighted by Gasteiger charge is 2.34. The molecule has 1 aromatic carbocycles. The van der Waals surface area contributed by atoms with Gasteiger partial charge < -0.3 is 5.73 Å². The molecule has 0 aromatic heterocycles. The summed E-state index contributed by atoms with van der Waals surface area (Å²) in [4.78, 5) is 0. The van der Waals surface area contributed by atoms with Crippen molar-refractivity contribution in [3.63, 3.8) is 0 Å². The molecule has 0 bridgehead atoms. The highest BCUT2D eigenvalue weighted by molar-refractivity contribution is 5.23. The summed E-state index contributed by atoms with van der Waals surface area (Å²) >= 11 is 0. The molecule has 1 aliphatic carbocycles. The highest BCUT2D eigenvalue weighted by atomic mass is 14.8. The van der Waals surface area contributed by atoms with Crippen LogP contribution in [0.15, 0.2) is 24.3 Å². The zero-order chi connectivity index (χ0) is 11.6. The zero-order valence-electron chi connectivity index (χ0n) is 10.5. The summed E-state index contributed by atoms with van der Waals surface area (Å²) in [7, 11) is 0. The summed E-state index contributed by atoms with van der Waals surface area (Å²) in [6.45, 7) is 4.41. The smallest absolute Gasteiger partial charge is 0.0197 e. The van der Waals surface area contributed by atoms with Crippen molar-refractivity contribution in [2.45, 2.75) is 51.5 Å². The van der Waals surface area contributed by atoms with E-state index < -0.39 is 0 Å². The fourth-order valence-corrected chi connectivity index (χ4v) is 2.89. The molecule has 0 spiro atoms. The van der Waals surface area contributed by atoms with Gasteiger partial charge in [0.1, 0.15) is 0 Å². The number of nitrogens with two attached hydrogens (primary N) is 1. The van der Waals surface area contributed by atoms with E-state index in [1.54, 1.807) is 0 Å². The van der Waals surface area contributed by atoms with E-state index in [1.165, 1.54) is 36.8 Å². The first-order valence-electron chi connectivity index (χ1n) is 6.46. The fraction of sp³-hybridized carbons (Fsp3) is 0.600. The molecule has 0 radical (unpaired) electrons. The second-order valence-electron chi connectivity index (χ2n) is 5.54. The van der Waals surface area contributed by atoms with Gasteiger partial charge in [0, 0.05) is 5.54 Å². The van der Waals surface area contributed by atoms with Gasteiger partial charge in [-0.25, -0.2) is 0 Å². The summed E-state index contributed by atoms with van der Waals surface area (Å²) in [6, 6.07) is 8.82. The van der Waals surface area contributed by atoms with Gasteiger partial charge in [-0.05, 0) is 44.1 Å². The van der Waals surface area contributed by atoms with Crippen LogP contribution in [0.4, 0.5) is 0 Å². The molecule has 88 valence electrons. The zero-order valence-corrected chi connectivity index (χ0v) is 10.5. The van der Waals surface area contributed by atoms with Gasteiger partial charge in [0.2, 0.25) is 0 Å². The van der Waals surface area contributed by atoms with Crippen molar-refractivity contribution in [3.8, 4) is 0 Å². The largest absolute Gasteiger partial charge is 0.325 e. The summed E-state index contributed by atoms with van der Waals surface area (Å²) in [5.74, 6) is 0.857. The Bertz CT molecular complexity index is 341. The molecular weight excluding hydrogens is 194 g/mol. The Morgan fingerprint density at radius 2 is 2.00 bits per heavy atom. The van der Waals surface area contributed by atoms with Gasteiger partial charge in [-0.2, -0.15) is 0 Å². The molecular formula is C15H23N. The van der Waals surface area contributed by atoms with Crippen molar-refractivity contribution >= 4 is 0 Å². The van der Waals surface area contributed by atoms with Crippen molar-refractivity contribution < 1.29 is 0 Å². The molecule has 0 heterocycles. The maximum atomic E-state index is 6.50. The summed E-state index contributed by atoms with van der Waals surface area (Å²) in [5.41, 5.74) is 9.28. The van der Waals surface area contributed by atoms with Gasteiger partial charge in [0.05, 0.1) is 0 Å². The fourth-order valence-electron chi connectivity index (χ4n) is 2.89. The number of hydrogen-bond donors (Lipinski definition) is 1. The van der Waals surface area contributed by atoms with Crippen molar-refractivity contribution in [1.29, 1.82) is 0 Å². The SMILES string of the molecule is CCC1CCC(N)(Cc2ccc(C)cc2)C1. The predicted octanol–water partition coefficient (Wildman–Crippen LogP) is 3.45. The molecule has 16 heavy (non-hydrogen) atoms. The molecule has 1 nitrogen and oxygen atoms in total. The van der Waals surface area contributed by atoms with Gasteiger partial charge >= 0.3 is 0 Å². The van der Waals surface area contributed by atoms with E-state index in [9.17, 15) is 0 Å². The van der Waals surface area contributed by atoms with Crippen LogP contribution in [0.2, 0.25) is 0 Å². The molecule has 1 fully saturated rings. The third-order valence-electron chi connectivity index (χ3n) is 4.00. The van der Waals surface area contributed by atoms with E-state index in [0.29, 0.717) is 0 Å². The Kier molecular flexibility index (Phi) is 3.34. The minimum Gasteiger partial charge on any atom is -0.325 e. The first-order chi connectivity index (χ1) is 7.61. The highest BCUT2D eigenvalue weighted by Crippen LogP contribution is 2.36. The van der Waals surface area contributed by atoms with Crippen LogP contribution in [0.5, 0.6) is 0 Å². The standard InChI is InChI=1S/C15H23N/c1-3-13-8-9-15(16,10-13)11-14-6-4-12(2)5-7-14/h4-7,13H,3,8-11,16H2,1-2H3. The monoisotopic (exact) mass is 217 g/mol. The van der Waals surface area contributed by atoms with Gasteiger partial charge in [0.25, 0.3) is 0 Å². The Labute approximate surface area is 99.0 Å². The second kappa shape index (κ2) is 4.58. The van der Waals surface area contributed by atoms with Crippen molar-refractivity contribution in [3.05, 3.63) is 35.4 Å². The molecule has 1 aliphatic rings. The average Bonchev–Trinajstić information content (AvgIpc) is 2.64. The Hall–Kier alpha value is -0.820. The van der Waals surface area contributed by atoms with E-state index in [1.807, 2.05) is 0 Å². The third-order valence-corrected chi connectivity index (χ3v) is 4.00. The number of rotatable bonds is 3. The molecule has 1 heteroatoms. The maximum Gasteiger partial charge on any atom is 0.0197 e. The molecule has 2 unspecified atom stereocenters. The van der Waals surface area contributed by atoms with Crippen LogP contribution in [-0.4, -0.2) is 5.54 Å². The van der Waals surface area contributed by atoms with E-state index in [4.69, 9.17) is 5.73 Å². The Balaban J connectivity index is 2.01. The molecule has 1 aromatic rings. The summed E-state index contributed by atoms with van der Waals surface area (Å²) in [6.07, 6.45) is 6.05. The average molecular weight is 217 g/mol. The molecule has 2 atom stereocenters. The van der Waals surface area contributed by atoms with Crippen molar-refractivity contribution in [2.24, 2.45) is 11.7 Å². The number of hydrogen-bond acceptors (Lipinski definition) is 1. The summed E-state index contributed by atoms with van der Waals surface area (Å²) in [5, 5.41) is 0. The van der Waals surface area contributed by atoms with Crippen molar-refractivity contribution in [1.82, 2.24) is 0 Å².